The summed E-state index contributed by atoms with van der Waals surface area (Å²) in [7, 11) is 1.92. The molecule has 3 heterocycles. The summed E-state index contributed by atoms with van der Waals surface area (Å²) in [5, 5.41) is 4.62. The van der Waals surface area contributed by atoms with E-state index in [0.29, 0.717) is 17.7 Å². The lowest BCUT2D eigenvalue weighted by Gasteiger charge is -2.30. The zero-order valence-electron chi connectivity index (χ0n) is 15.5. The number of hydrogen-bond donors (Lipinski definition) is 0. The molecule has 0 bridgehead atoms. The fourth-order valence-corrected chi connectivity index (χ4v) is 4.34. The summed E-state index contributed by atoms with van der Waals surface area (Å²) >= 11 is 0. The number of carbonyl (C=O) groups is 1. The highest BCUT2D eigenvalue weighted by atomic mass is 16.5. The predicted octanol–water partition coefficient (Wildman–Crippen LogP) is 2.47. The highest BCUT2D eigenvalue weighted by Gasteiger charge is 2.39. The van der Waals surface area contributed by atoms with Crippen molar-refractivity contribution in [2.75, 3.05) is 19.8 Å². The highest BCUT2D eigenvalue weighted by molar-refractivity contribution is 5.94. The van der Waals surface area contributed by atoms with Crippen molar-refractivity contribution in [3.05, 3.63) is 17.0 Å². The minimum Gasteiger partial charge on any atom is -0.381 e. The first-order valence-electron chi connectivity index (χ1n) is 9.64. The van der Waals surface area contributed by atoms with E-state index in [1.165, 1.54) is 0 Å². The van der Waals surface area contributed by atoms with E-state index in [1.54, 1.807) is 0 Å². The second-order valence-electron chi connectivity index (χ2n) is 7.87. The molecule has 0 unspecified atom stereocenters. The van der Waals surface area contributed by atoms with Gasteiger partial charge in [-0.3, -0.25) is 9.48 Å². The number of amides is 1. The van der Waals surface area contributed by atoms with E-state index >= 15 is 0 Å². The topological polar surface area (TPSA) is 56.6 Å². The maximum Gasteiger partial charge on any atom is 0.274 e. The van der Waals surface area contributed by atoms with Crippen LogP contribution in [0.4, 0.5) is 0 Å². The molecule has 1 amide bonds. The van der Waals surface area contributed by atoms with Gasteiger partial charge in [0, 0.05) is 44.8 Å². The number of aromatic nitrogens is 2. The zero-order valence-corrected chi connectivity index (χ0v) is 15.5. The average molecular weight is 347 g/mol. The third-order valence-corrected chi connectivity index (χ3v) is 5.75. The molecule has 0 radical (unpaired) electrons. The molecule has 1 saturated heterocycles. The van der Waals surface area contributed by atoms with Crippen LogP contribution < -0.4 is 0 Å². The molecule has 0 N–H and O–H groups in total. The molecule has 2 atom stereocenters. The maximum absolute atomic E-state index is 13.4. The van der Waals surface area contributed by atoms with Crippen LogP contribution in [0.1, 0.15) is 67.4 Å². The molecule has 6 nitrogen and oxygen atoms in total. The molecule has 25 heavy (non-hydrogen) atoms. The number of fused-ring (bicyclic) bond motifs is 1. The minimum atomic E-state index is -0.0114. The standard InChI is InChI=1S/C19H29N3O3/c1-12-10-16-17(20-21(3)18(16)13(2)25-12)19(23)22(15-4-5-15)11-14-6-8-24-9-7-14/h12-15H,4-11H2,1-3H3/t12-,13+/m1/s1. The summed E-state index contributed by atoms with van der Waals surface area (Å²) in [5.74, 6) is 0.672. The maximum atomic E-state index is 13.4. The first-order chi connectivity index (χ1) is 12.0. The van der Waals surface area contributed by atoms with Crippen LogP contribution in [0.2, 0.25) is 0 Å². The van der Waals surface area contributed by atoms with E-state index in [1.807, 2.05) is 18.7 Å². The van der Waals surface area contributed by atoms with Crippen LogP contribution in [0, 0.1) is 5.92 Å². The van der Waals surface area contributed by atoms with E-state index < -0.39 is 0 Å². The van der Waals surface area contributed by atoms with Gasteiger partial charge < -0.3 is 14.4 Å². The van der Waals surface area contributed by atoms with E-state index in [0.717, 1.165) is 63.1 Å². The van der Waals surface area contributed by atoms with Crippen LogP contribution in [0.5, 0.6) is 0 Å². The molecule has 4 rings (SSSR count). The second-order valence-corrected chi connectivity index (χ2v) is 7.87. The summed E-state index contributed by atoms with van der Waals surface area (Å²) in [5.41, 5.74) is 2.80. The SMILES string of the molecule is C[C@@H]1Cc2c(C(=O)N(CC3CCOCC3)C3CC3)nn(C)c2[C@H](C)O1. The number of rotatable bonds is 4. The van der Waals surface area contributed by atoms with Gasteiger partial charge in [-0.2, -0.15) is 5.10 Å². The van der Waals surface area contributed by atoms with Crippen molar-refractivity contribution in [2.45, 2.75) is 64.2 Å². The molecule has 0 aromatic carbocycles. The summed E-state index contributed by atoms with van der Waals surface area (Å²) in [6, 6.07) is 0.405. The van der Waals surface area contributed by atoms with Crippen molar-refractivity contribution in [1.29, 1.82) is 0 Å². The molecule has 6 heteroatoms. The molecule has 2 aliphatic heterocycles. The zero-order chi connectivity index (χ0) is 17.6. The lowest BCUT2D eigenvalue weighted by atomic mass is 9.97. The third-order valence-electron chi connectivity index (χ3n) is 5.75. The molecular weight excluding hydrogens is 318 g/mol. The number of hydrogen-bond acceptors (Lipinski definition) is 4. The molecule has 1 aliphatic carbocycles. The molecule has 1 aromatic heterocycles. The minimum absolute atomic E-state index is 0.0114. The number of carbonyl (C=O) groups excluding carboxylic acids is 1. The van der Waals surface area contributed by atoms with Gasteiger partial charge in [0.2, 0.25) is 0 Å². The Morgan fingerprint density at radius 3 is 2.64 bits per heavy atom. The monoisotopic (exact) mass is 347 g/mol. The van der Waals surface area contributed by atoms with Gasteiger partial charge in [0.05, 0.1) is 17.9 Å². The van der Waals surface area contributed by atoms with E-state index in [9.17, 15) is 4.79 Å². The molecular formula is C19H29N3O3. The van der Waals surface area contributed by atoms with Crippen molar-refractivity contribution >= 4 is 5.91 Å². The lowest BCUT2D eigenvalue weighted by Crippen LogP contribution is -2.39. The smallest absolute Gasteiger partial charge is 0.274 e. The highest BCUT2D eigenvalue weighted by Crippen LogP contribution is 2.35. The number of ether oxygens (including phenoxy) is 2. The van der Waals surface area contributed by atoms with Gasteiger partial charge >= 0.3 is 0 Å². The second kappa shape index (κ2) is 6.72. The Morgan fingerprint density at radius 2 is 1.96 bits per heavy atom. The van der Waals surface area contributed by atoms with Crippen molar-refractivity contribution in [3.8, 4) is 0 Å². The largest absolute Gasteiger partial charge is 0.381 e. The summed E-state index contributed by atoms with van der Waals surface area (Å²) in [6.45, 7) is 6.61. The van der Waals surface area contributed by atoms with Gasteiger partial charge in [-0.15, -0.1) is 0 Å². The predicted molar refractivity (Wildman–Crippen MR) is 93.5 cm³/mol. The van der Waals surface area contributed by atoms with Crippen LogP contribution in [0.3, 0.4) is 0 Å². The van der Waals surface area contributed by atoms with Gasteiger partial charge in [-0.1, -0.05) is 0 Å². The summed E-state index contributed by atoms with van der Waals surface area (Å²) in [4.78, 5) is 15.5. The van der Waals surface area contributed by atoms with Crippen molar-refractivity contribution in [3.63, 3.8) is 0 Å². The Hall–Kier alpha value is -1.40. The van der Waals surface area contributed by atoms with Gasteiger partial charge in [0.1, 0.15) is 0 Å². The van der Waals surface area contributed by atoms with Crippen LogP contribution in [-0.2, 0) is 22.9 Å². The Morgan fingerprint density at radius 1 is 1.24 bits per heavy atom. The molecule has 0 spiro atoms. The van der Waals surface area contributed by atoms with E-state index in [4.69, 9.17) is 9.47 Å². The van der Waals surface area contributed by atoms with Gasteiger partial charge in [-0.25, -0.2) is 0 Å². The Kier molecular flexibility index (Phi) is 4.58. The fourth-order valence-electron chi connectivity index (χ4n) is 4.34. The van der Waals surface area contributed by atoms with Crippen LogP contribution in [0.15, 0.2) is 0 Å². The quantitative estimate of drug-likeness (QED) is 0.840. The third kappa shape index (κ3) is 3.34. The van der Waals surface area contributed by atoms with Crippen molar-refractivity contribution in [1.82, 2.24) is 14.7 Å². The first-order valence-corrected chi connectivity index (χ1v) is 9.64. The first kappa shape index (κ1) is 17.0. The Bertz CT molecular complexity index is 647. The van der Waals surface area contributed by atoms with Crippen molar-refractivity contribution < 1.29 is 14.3 Å². The molecule has 2 fully saturated rings. The molecule has 138 valence electrons. The van der Waals surface area contributed by atoms with Crippen LogP contribution in [0.25, 0.3) is 0 Å². The van der Waals surface area contributed by atoms with Crippen molar-refractivity contribution in [2.24, 2.45) is 13.0 Å². The van der Waals surface area contributed by atoms with Gasteiger partial charge in [-0.05, 0) is 45.4 Å². The van der Waals surface area contributed by atoms with Crippen LogP contribution >= 0.6 is 0 Å². The number of nitrogens with zero attached hydrogens (tertiary/aromatic N) is 3. The summed E-state index contributed by atoms with van der Waals surface area (Å²) in [6.07, 6.45) is 5.24. The van der Waals surface area contributed by atoms with Gasteiger partial charge in [0.25, 0.3) is 5.91 Å². The van der Waals surface area contributed by atoms with E-state index in [2.05, 4.69) is 16.9 Å². The fraction of sp³-hybridized carbons (Fsp3) is 0.789. The van der Waals surface area contributed by atoms with E-state index in [-0.39, 0.29) is 18.1 Å². The van der Waals surface area contributed by atoms with Gasteiger partial charge in [0.15, 0.2) is 5.69 Å². The normalized spacial score (nSPS) is 27.2. The Balaban J connectivity index is 1.59. The Labute approximate surface area is 149 Å². The summed E-state index contributed by atoms with van der Waals surface area (Å²) < 4.78 is 13.2. The van der Waals surface area contributed by atoms with Crippen LogP contribution in [-0.4, -0.2) is 52.5 Å². The molecule has 3 aliphatic rings. The molecule has 1 aromatic rings. The average Bonchev–Trinajstić information content (AvgIpc) is 3.37. The molecule has 1 saturated carbocycles. The number of aryl methyl sites for hydroxylation is 1. The lowest BCUT2D eigenvalue weighted by molar-refractivity contribution is -0.00909.